The summed E-state index contributed by atoms with van der Waals surface area (Å²) in [6.07, 6.45) is 1.95. The van der Waals surface area contributed by atoms with Crippen molar-refractivity contribution in [3.8, 4) is 0 Å². The number of fused-ring (bicyclic) bond motifs is 1. The SMILES string of the molecule is CC(NCc1c(Cl)cccc1Cl)c1nnc2ccccn12. The zero-order valence-electron chi connectivity index (χ0n) is 11.4. The largest absolute Gasteiger partial charge is 0.303 e. The lowest BCUT2D eigenvalue weighted by molar-refractivity contribution is 0.541. The fraction of sp³-hybridized carbons (Fsp3) is 0.200. The normalized spacial score (nSPS) is 12.7. The first-order chi connectivity index (χ1) is 10.2. The van der Waals surface area contributed by atoms with Crippen LogP contribution in [0.2, 0.25) is 10.0 Å². The van der Waals surface area contributed by atoms with Gasteiger partial charge in [0, 0.05) is 28.4 Å². The van der Waals surface area contributed by atoms with Crippen molar-refractivity contribution in [2.45, 2.75) is 19.5 Å². The van der Waals surface area contributed by atoms with E-state index < -0.39 is 0 Å². The number of rotatable bonds is 4. The Kier molecular flexibility index (Phi) is 4.10. The van der Waals surface area contributed by atoms with Gasteiger partial charge in [0.1, 0.15) is 0 Å². The zero-order valence-corrected chi connectivity index (χ0v) is 12.9. The van der Waals surface area contributed by atoms with Crippen LogP contribution in [0.5, 0.6) is 0 Å². The second-order valence-corrected chi connectivity index (χ2v) is 5.60. The predicted molar refractivity (Wildman–Crippen MR) is 84.7 cm³/mol. The van der Waals surface area contributed by atoms with Gasteiger partial charge in [0.2, 0.25) is 0 Å². The van der Waals surface area contributed by atoms with Crippen molar-refractivity contribution in [1.82, 2.24) is 19.9 Å². The van der Waals surface area contributed by atoms with Crippen LogP contribution in [0.15, 0.2) is 42.6 Å². The van der Waals surface area contributed by atoms with Crippen LogP contribution in [0.3, 0.4) is 0 Å². The number of nitrogens with one attached hydrogen (secondary N) is 1. The van der Waals surface area contributed by atoms with Crippen LogP contribution in [0.25, 0.3) is 5.65 Å². The average Bonchev–Trinajstić information content (AvgIpc) is 2.90. The van der Waals surface area contributed by atoms with Gasteiger partial charge in [0.15, 0.2) is 11.5 Å². The fourth-order valence-corrected chi connectivity index (χ4v) is 2.73. The monoisotopic (exact) mass is 320 g/mol. The molecule has 0 fully saturated rings. The molecule has 1 unspecified atom stereocenters. The first-order valence-corrected chi connectivity index (χ1v) is 7.38. The summed E-state index contributed by atoms with van der Waals surface area (Å²) in [7, 11) is 0. The van der Waals surface area contributed by atoms with E-state index >= 15 is 0 Å². The number of pyridine rings is 1. The number of hydrogen-bond donors (Lipinski definition) is 1. The Balaban J connectivity index is 1.79. The number of halogens is 2. The second kappa shape index (κ2) is 6.02. The van der Waals surface area contributed by atoms with Gasteiger partial charge >= 0.3 is 0 Å². The molecule has 2 heterocycles. The maximum Gasteiger partial charge on any atom is 0.160 e. The van der Waals surface area contributed by atoms with Crippen molar-refractivity contribution in [2.24, 2.45) is 0 Å². The van der Waals surface area contributed by atoms with Gasteiger partial charge < -0.3 is 5.32 Å². The third kappa shape index (κ3) is 2.88. The van der Waals surface area contributed by atoms with Crippen molar-refractivity contribution in [2.75, 3.05) is 0 Å². The minimum Gasteiger partial charge on any atom is -0.303 e. The van der Waals surface area contributed by atoms with Crippen LogP contribution >= 0.6 is 23.2 Å². The van der Waals surface area contributed by atoms with Gasteiger partial charge in [0.05, 0.1) is 6.04 Å². The summed E-state index contributed by atoms with van der Waals surface area (Å²) in [5.41, 5.74) is 1.72. The first kappa shape index (κ1) is 14.3. The van der Waals surface area contributed by atoms with E-state index in [-0.39, 0.29) is 6.04 Å². The summed E-state index contributed by atoms with van der Waals surface area (Å²) in [6.45, 7) is 2.61. The number of benzene rings is 1. The van der Waals surface area contributed by atoms with Crippen molar-refractivity contribution in [3.05, 3.63) is 64.0 Å². The highest BCUT2D eigenvalue weighted by Gasteiger charge is 2.14. The van der Waals surface area contributed by atoms with Crippen LogP contribution < -0.4 is 5.32 Å². The van der Waals surface area contributed by atoms with Gasteiger partial charge in [-0.3, -0.25) is 4.40 Å². The number of hydrogen-bond acceptors (Lipinski definition) is 3. The summed E-state index contributed by atoms with van der Waals surface area (Å²) in [5, 5.41) is 13.1. The first-order valence-electron chi connectivity index (χ1n) is 6.63. The van der Waals surface area contributed by atoms with Crippen molar-refractivity contribution in [1.29, 1.82) is 0 Å². The Bertz CT molecular complexity index is 749. The van der Waals surface area contributed by atoms with Crippen LogP contribution in [-0.2, 0) is 6.54 Å². The molecule has 0 aliphatic rings. The smallest absolute Gasteiger partial charge is 0.160 e. The summed E-state index contributed by atoms with van der Waals surface area (Å²) in [4.78, 5) is 0. The van der Waals surface area contributed by atoms with Crippen molar-refractivity contribution >= 4 is 28.8 Å². The van der Waals surface area contributed by atoms with E-state index in [2.05, 4.69) is 15.5 Å². The molecule has 1 aromatic carbocycles. The molecule has 4 nitrogen and oxygen atoms in total. The molecule has 3 rings (SSSR count). The molecule has 21 heavy (non-hydrogen) atoms. The maximum absolute atomic E-state index is 6.18. The molecule has 0 bridgehead atoms. The molecule has 0 amide bonds. The van der Waals surface area contributed by atoms with Gasteiger partial charge in [-0.15, -0.1) is 10.2 Å². The third-order valence-electron chi connectivity index (χ3n) is 3.37. The summed E-state index contributed by atoms with van der Waals surface area (Å²) in [5.74, 6) is 0.855. The lowest BCUT2D eigenvalue weighted by Crippen LogP contribution is -2.20. The van der Waals surface area contributed by atoms with Crippen LogP contribution in [0.1, 0.15) is 24.4 Å². The molecule has 1 atom stereocenters. The van der Waals surface area contributed by atoms with E-state index in [1.165, 1.54) is 0 Å². The van der Waals surface area contributed by atoms with E-state index in [0.29, 0.717) is 16.6 Å². The molecule has 0 aliphatic carbocycles. The van der Waals surface area contributed by atoms with Gasteiger partial charge in [-0.25, -0.2) is 0 Å². The molecule has 0 spiro atoms. The molecule has 1 N–H and O–H groups in total. The Morgan fingerprint density at radius 1 is 1.10 bits per heavy atom. The number of aromatic nitrogens is 3. The van der Waals surface area contributed by atoms with Crippen LogP contribution in [0.4, 0.5) is 0 Å². The van der Waals surface area contributed by atoms with Gasteiger partial charge in [-0.1, -0.05) is 35.3 Å². The van der Waals surface area contributed by atoms with Crippen molar-refractivity contribution in [3.63, 3.8) is 0 Å². The Labute approximate surface area is 132 Å². The molecule has 0 radical (unpaired) electrons. The van der Waals surface area contributed by atoms with E-state index in [9.17, 15) is 0 Å². The molecule has 2 aromatic heterocycles. The van der Waals surface area contributed by atoms with E-state index in [0.717, 1.165) is 17.0 Å². The van der Waals surface area contributed by atoms with E-state index in [1.807, 2.05) is 53.9 Å². The molecular weight excluding hydrogens is 307 g/mol. The highest BCUT2D eigenvalue weighted by Crippen LogP contribution is 2.24. The Morgan fingerprint density at radius 2 is 1.86 bits per heavy atom. The molecule has 6 heteroatoms. The Hall–Kier alpha value is -1.62. The molecule has 0 saturated heterocycles. The minimum atomic E-state index is 0.0229. The molecule has 0 aliphatic heterocycles. The standard InChI is InChI=1S/C15H14Cl2N4/c1-10(15-20-19-14-7-2-3-8-21(14)15)18-9-11-12(16)5-4-6-13(11)17/h2-8,10,18H,9H2,1H3. The van der Waals surface area contributed by atoms with Crippen molar-refractivity contribution < 1.29 is 0 Å². The molecule has 108 valence electrons. The Morgan fingerprint density at radius 3 is 2.62 bits per heavy atom. The lowest BCUT2D eigenvalue weighted by Gasteiger charge is -2.14. The molecule has 3 aromatic rings. The summed E-state index contributed by atoms with van der Waals surface area (Å²) in [6, 6.07) is 11.4. The fourth-order valence-electron chi connectivity index (χ4n) is 2.20. The van der Waals surface area contributed by atoms with Gasteiger partial charge in [-0.2, -0.15) is 0 Å². The van der Waals surface area contributed by atoms with E-state index in [1.54, 1.807) is 0 Å². The van der Waals surface area contributed by atoms with Gasteiger partial charge in [-0.05, 0) is 31.2 Å². The topological polar surface area (TPSA) is 42.2 Å². The zero-order chi connectivity index (χ0) is 14.8. The highest BCUT2D eigenvalue weighted by atomic mass is 35.5. The van der Waals surface area contributed by atoms with Gasteiger partial charge in [0.25, 0.3) is 0 Å². The predicted octanol–water partition coefficient (Wildman–Crippen LogP) is 3.89. The maximum atomic E-state index is 6.18. The third-order valence-corrected chi connectivity index (χ3v) is 4.08. The average molecular weight is 321 g/mol. The summed E-state index contributed by atoms with van der Waals surface area (Å²) < 4.78 is 1.96. The quantitative estimate of drug-likeness (QED) is 0.793. The lowest BCUT2D eigenvalue weighted by atomic mass is 10.2. The summed E-state index contributed by atoms with van der Waals surface area (Å²) >= 11 is 12.4. The highest BCUT2D eigenvalue weighted by molar-refractivity contribution is 6.35. The van der Waals surface area contributed by atoms with Crippen LogP contribution in [0, 0.1) is 0 Å². The van der Waals surface area contributed by atoms with Crippen LogP contribution in [-0.4, -0.2) is 14.6 Å². The van der Waals surface area contributed by atoms with E-state index in [4.69, 9.17) is 23.2 Å². The minimum absolute atomic E-state index is 0.0229. The molecular formula is C15H14Cl2N4. The molecule has 0 saturated carbocycles. The second-order valence-electron chi connectivity index (χ2n) is 4.79. The number of nitrogens with zero attached hydrogens (tertiary/aromatic N) is 3.